The van der Waals surface area contributed by atoms with Crippen molar-refractivity contribution in [2.45, 2.75) is 0 Å². The minimum Gasteiger partial charge on any atom is -0.276 e. The van der Waals surface area contributed by atoms with E-state index in [1.165, 1.54) is 12.1 Å². The fourth-order valence-corrected chi connectivity index (χ4v) is 0.925. The first-order chi connectivity index (χ1) is 7.58. The number of nitrogens with one attached hydrogen (secondary N) is 1. The molecule has 0 aliphatic heterocycles. The zero-order valence-corrected chi connectivity index (χ0v) is 8.39. The fourth-order valence-electron chi connectivity index (χ4n) is 0.816. The van der Waals surface area contributed by atoms with E-state index in [9.17, 15) is 8.78 Å². The normalized spacial score (nSPS) is 8.81. The number of hydrogen-bond donors (Lipinski definition) is 1. The van der Waals surface area contributed by atoms with Crippen molar-refractivity contribution in [1.82, 2.24) is 0 Å². The number of nitrogens with zero attached hydrogens (tertiary/aromatic N) is 3. The number of nitriles is 2. The van der Waals surface area contributed by atoms with Crippen LogP contribution < -0.4 is 5.43 Å². The Bertz CT molecular complexity index is 488. The monoisotopic (exact) mass is 240 g/mol. The molecule has 7 heteroatoms. The van der Waals surface area contributed by atoms with Gasteiger partial charge >= 0.3 is 0 Å². The summed E-state index contributed by atoms with van der Waals surface area (Å²) in [5.41, 5.74) is 1.64. The van der Waals surface area contributed by atoms with Crippen LogP contribution in [-0.4, -0.2) is 5.71 Å². The summed E-state index contributed by atoms with van der Waals surface area (Å²) in [6.45, 7) is 0. The number of anilines is 1. The lowest BCUT2D eigenvalue weighted by atomic mass is 10.3. The van der Waals surface area contributed by atoms with Crippen LogP contribution in [0.5, 0.6) is 0 Å². The maximum Gasteiger partial charge on any atom is 0.237 e. The maximum atomic E-state index is 12.9. The van der Waals surface area contributed by atoms with Gasteiger partial charge in [-0.1, -0.05) is 11.6 Å². The molecule has 0 aliphatic rings. The summed E-state index contributed by atoms with van der Waals surface area (Å²) in [7, 11) is 0. The van der Waals surface area contributed by atoms with Gasteiger partial charge in [-0.25, -0.2) is 8.78 Å². The van der Waals surface area contributed by atoms with E-state index in [0.29, 0.717) is 0 Å². The van der Waals surface area contributed by atoms with Gasteiger partial charge in [-0.3, -0.25) is 5.43 Å². The predicted molar refractivity (Wildman–Crippen MR) is 53.7 cm³/mol. The Balaban J connectivity index is 2.98. The highest BCUT2D eigenvalue weighted by Crippen LogP contribution is 2.22. The van der Waals surface area contributed by atoms with Crippen LogP contribution >= 0.6 is 11.6 Å². The molecule has 1 aromatic rings. The lowest BCUT2D eigenvalue weighted by Crippen LogP contribution is -1.97. The smallest absolute Gasteiger partial charge is 0.237 e. The highest BCUT2D eigenvalue weighted by molar-refractivity contribution is 6.30. The van der Waals surface area contributed by atoms with Gasteiger partial charge in [0, 0.05) is 12.1 Å². The summed E-state index contributed by atoms with van der Waals surface area (Å²) in [6, 6.07) is 4.73. The Morgan fingerprint density at radius 2 is 1.75 bits per heavy atom. The molecule has 0 unspecified atom stereocenters. The molecule has 80 valence electrons. The average molecular weight is 241 g/mol. The van der Waals surface area contributed by atoms with E-state index >= 15 is 0 Å². The lowest BCUT2D eigenvalue weighted by molar-refractivity contribution is 0.585. The Hall–Kier alpha value is -2.18. The van der Waals surface area contributed by atoms with Crippen LogP contribution in [0.1, 0.15) is 0 Å². The number of hydrazone groups is 1. The molecule has 0 aliphatic carbocycles. The first-order valence-corrected chi connectivity index (χ1v) is 4.24. The molecule has 0 amide bonds. The molecule has 0 radical (unpaired) electrons. The first kappa shape index (κ1) is 11.9. The second-order valence-electron chi connectivity index (χ2n) is 2.55. The van der Waals surface area contributed by atoms with Crippen LogP contribution in [0.15, 0.2) is 17.2 Å². The van der Waals surface area contributed by atoms with Gasteiger partial charge in [-0.15, -0.1) is 0 Å². The third-order valence-electron chi connectivity index (χ3n) is 1.49. The van der Waals surface area contributed by atoms with Gasteiger partial charge in [-0.2, -0.15) is 15.6 Å². The van der Waals surface area contributed by atoms with Gasteiger partial charge in [0.25, 0.3) is 0 Å². The molecule has 0 heterocycles. The molecule has 0 saturated carbocycles. The second-order valence-corrected chi connectivity index (χ2v) is 2.93. The van der Waals surface area contributed by atoms with Crippen molar-refractivity contribution in [2.75, 3.05) is 5.43 Å². The molecule has 0 fully saturated rings. The Morgan fingerprint density at radius 3 is 2.19 bits per heavy atom. The van der Waals surface area contributed by atoms with Crippen LogP contribution in [0.3, 0.4) is 0 Å². The van der Waals surface area contributed by atoms with E-state index in [0.717, 1.165) is 12.1 Å². The van der Waals surface area contributed by atoms with Gasteiger partial charge < -0.3 is 0 Å². The van der Waals surface area contributed by atoms with E-state index in [-0.39, 0.29) is 5.69 Å². The molecular weight excluding hydrogens is 238 g/mol. The van der Waals surface area contributed by atoms with Gasteiger partial charge in [0.1, 0.15) is 28.8 Å². The van der Waals surface area contributed by atoms with E-state index < -0.39 is 22.4 Å². The van der Waals surface area contributed by atoms with Gasteiger partial charge in [0.05, 0.1) is 5.69 Å². The molecule has 4 nitrogen and oxygen atoms in total. The van der Waals surface area contributed by atoms with Crippen molar-refractivity contribution in [2.24, 2.45) is 5.10 Å². The van der Waals surface area contributed by atoms with E-state index in [2.05, 4.69) is 10.5 Å². The summed E-state index contributed by atoms with van der Waals surface area (Å²) in [6.07, 6.45) is 0. The molecule has 0 spiro atoms. The number of hydrogen-bond acceptors (Lipinski definition) is 4. The average Bonchev–Trinajstić information content (AvgIpc) is 2.27. The number of benzene rings is 1. The molecular formula is C9H3ClF2N4. The Kier molecular flexibility index (Phi) is 3.76. The fraction of sp³-hybridized carbons (Fsp3) is 0. The van der Waals surface area contributed by atoms with Gasteiger partial charge in [0.2, 0.25) is 5.71 Å². The summed E-state index contributed by atoms with van der Waals surface area (Å²) >= 11 is 5.25. The van der Waals surface area contributed by atoms with E-state index in [4.69, 9.17) is 22.1 Å². The van der Waals surface area contributed by atoms with Crippen molar-refractivity contribution < 1.29 is 8.78 Å². The largest absolute Gasteiger partial charge is 0.276 e. The van der Waals surface area contributed by atoms with Crippen molar-refractivity contribution in [1.29, 1.82) is 10.5 Å². The quantitative estimate of drug-likeness (QED) is 0.490. The Labute approximate surface area is 94.4 Å². The highest BCUT2D eigenvalue weighted by atomic mass is 35.5. The Morgan fingerprint density at radius 1 is 1.25 bits per heavy atom. The number of rotatable bonds is 2. The van der Waals surface area contributed by atoms with E-state index in [1.54, 1.807) is 0 Å². The summed E-state index contributed by atoms with van der Waals surface area (Å²) < 4.78 is 25.9. The molecule has 1 N–H and O–H groups in total. The maximum absolute atomic E-state index is 12.9. The van der Waals surface area contributed by atoms with Gasteiger partial charge in [0.15, 0.2) is 0 Å². The summed E-state index contributed by atoms with van der Waals surface area (Å²) in [5, 5.41) is 19.4. The van der Waals surface area contributed by atoms with Crippen molar-refractivity contribution in [3.63, 3.8) is 0 Å². The predicted octanol–water partition coefficient (Wildman–Crippen LogP) is 2.43. The molecule has 0 atom stereocenters. The van der Waals surface area contributed by atoms with Crippen molar-refractivity contribution in [3.8, 4) is 12.1 Å². The molecule has 0 saturated heterocycles. The summed E-state index contributed by atoms with van der Waals surface area (Å²) in [4.78, 5) is 0. The van der Waals surface area contributed by atoms with Crippen molar-refractivity contribution in [3.05, 3.63) is 28.8 Å². The van der Waals surface area contributed by atoms with E-state index in [1.807, 2.05) is 0 Å². The van der Waals surface area contributed by atoms with Crippen LogP contribution in [0.4, 0.5) is 14.5 Å². The second kappa shape index (κ2) is 5.06. The molecule has 1 rings (SSSR count). The zero-order chi connectivity index (χ0) is 12.1. The van der Waals surface area contributed by atoms with Crippen LogP contribution in [0, 0.1) is 34.3 Å². The summed E-state index contributed by atoms with van der Waals surface area (Å²) in [5.74, 6) is -1.93. The molecule has 1 aromatic carbocycles. The van der Waals surface area contributed by atoms with Crippen LogP contribution in [0.25, 0.3) is 0 Å². The SMILES string of the molecule is N#CC(C#N)=NNc1cc(F)c(Cl)c(F)c1. The molecule has 16 heavy (non-hydrogen) atoms. The third-order valence-corrected chi connectivity index (χ3v) is 1.85. The minimum absolute atomic E-state index is 0.0533. The van der Waals surface area contributed by atoms with Crippen molar-refractivity contribution >= 4 is 23.0 Å². The molecule has 0 bridgehead atoms. The standard InChI is InChI=1S/C9H3ClF2N4/c10-9-7(11)1-5(2-8(9)12)15-16-6(3-13)4-14/h1-2,15H. The van der Waals surface area contributed by atoms with Crippen LogP contribution in [0.2, 0.25) is 5.02 Å². The molecule has 0 aromatic heterocycles. The lowest BCUT2D eigenvalue weighted by Gasteiger charge is -2.02. The topological polar surface area (TPSA) is 72.0 Å². The first-order valence-electron chi connectivity index (χ1n) is 3.87. The van der Waals surface area contributed by atoms with Gasteiger partial charge in [-0.05, 0) is 0 Å². The minimum atomic E-state index is -0.963. The number of halogens is 3. The highest BCUT2D eigenvalue weighted by Gasteiger charge is 2.08. The van der Waals surface area contributed by atoms with Crippen LogP contribution in [-0.2, 0) is 0 Å². The zero-order valence-electron chi connectivity index (χ0n) is 7.63. The third kappa shape index (κ3) is 2.66.